The van der Waals surface area contributed by atoms with Gasteiger partial charge in [-0.2, -0.15) is 0 Å². The lowest BCUT2D eigenvalue weighted by Gasteiger charge is -2.42. The van der Waals surface area contributed by atoms with E-state index in [0.29, 0.717) is 5.92 Å². The standard InChI is InChI=1S/C23H30F2O/c1-3-5-6-16-7-8-18-13-19(10-9-17(18)12-16)20-14-21(24)23(22(25)15-20)26-11-4-2/h4-6,14-19H,2-3,7-13H2,1H3. The summed E-state index contributed by atoms with van der Waals surface area (Å²) in [6.45, 7) is 5.80. The third-order valence-electron chi connectivity index (χ3n) is 6.14. The Morgan fingerprint density at radius 2 is 1.77 bits per heavy atom. The van der Waals surface area contributed by atoms with Crippen molar-refractivity contribution in [2.24, 2.45) is 17.8 Å². The van der Waals surface area contributed by atoms with Gasteiger partial charge in [-0.15, -0.1) is 0 Å². The van der Waals surface area contributed by atoms with Crippen molar-refractivity contribution < 1.29 is 13.5 Å². The number of rotatable bonds is 6. The van der Waals surface area contributed by atoms with E-state index in [9.17, 15) is 8.78 Å². The number of benzene rings is 1. The lowest BCUT2D eigenvalue weighted by molar-refractivity contribution is 0.133. The fraction of sp³-hybridized carbons (Fsp3) is 0.565. The highest BCUT2D eigenvalue weighted by atomic mass is 19.1. The molecule has 0 heterocycles. The van der Waals surface area contributed by atoms with Crippen molar-refractivity contribution in [1.29, 1.82) is 0 Å². The first-order chi connectivity index (χ1) is 12.6. The second-order valence-electron chi connectivity index (χ2n) is 7.85. The van der Waals surface area contributed by atoms with Crippen molar-refractivity contribution in [3.63, 3.8) is 0 Å². The Morgan fingerprint density at radius 1 is 1.08 bits per heavy atom. The zero-order chi connectivity index (χ0) is 18.5. The van der Waals surface area contributed by atoms with Crippen molar-refractivity contribution in [3.8, 4) is 5.75 Å². The Morgan fingerprint density at radius 3 is 2.46 bits per heavy atom. The van der Waals surface area contributed by atoms with Gasteiger partial charge >= 0.3 is 0 Å². The van der Waals surface area contributed by atoms with Crippen LogP contribution in [0.4, 0.5) is 8.78 Å². The van der Waals surface area contributed by atoms with E-state index >= 15 is 0 Å². The van der Waals surface area contributed by atoms with E-state index in [1.165, 1.54) is 43.9 Å². The summed E-state index contributed by atoms with van der Waals surface area (Å²) in [5, 5.41) is 0. The Labute approximate surface area is 156 Å². The number of hydrogen-bond donors (Lipinski definition) is 0. The van der Waals surface area contributed by atoms with Gasteiger partial charge in [0.2, 0.25) is 0 Å². The number of fused-ring (bicyclic) bond motifs is 1. The van der Waals surface area contributed by atoms with Crippen molar-refractivity contribution in [2.45, 2.75) is 57.8 Å². The minimum Gasteiger partial charge on any atom is -0.483 e. The zero-order valence-corrected chi connectivity index (χ0v) is 15.7. The quantitative estimate of drug-likeness (QED) is 0.507. The fourth-order valence-electron chi connectivity index (χ4n) is 4.83. The summed E-state index contributed by atoms with van der Waals surface area (Å²) in [6.07, 6.45) is 14.3. The van der Waals surface area contributed by atoms with Crippen molar-refractivity contribution in [1.82, 2.24) is 0 Å². The van der Waals surface area contributed by atoms with Crippen LogP contribution in [-0.2, 0) is 0 Å². The molecule has 3 rings (SSSR count). The molecular weight excluding hydrogens is 330 g/mol. The van der Waals surface area contributed by atoms with Crippen LogP contribution in [0.25, 0.3) is 0 Å². The van der Waals surface area contributed by atoms with Gasteiger partial charge in [-0.1, -0.05) is 31.7 Å². The van der Waals surface area contributed by atoms with Crippen LogP contribution in [0.15, 0.2) is 36.9 Å². The zero-order valence-electron chi connectivity index (χ0n) is 15.7. The number of halogens is 2. The highest BCUT2D eigenvalue weighted by molar-refractivity contribution is 5.33. The van der Waals surface area contributed by atoms with Gasteiger partial charge < -0.3 is 4.74 Å². The van der Waals surface area contributed by atoms with Crippen LogP contribution >= 0.6 is 0 Å². The Balaban J connectivity index is 1.66. The van der Waals surface area contributed by atoms with Gasteiger partial charge in [0.05, 0.1) is 0 Å². The van der Waals surface area contributed by atoms with Crippen LogP contribution in [0.3, 0.4) is 0 Å². The van der Waals surface area contributed by atoms with E-state index in [4.69, 9.17) is 4.74 Å². The molecule has 26 heavy (non-hydrogen) atoms. The van der Waals surface area contributed by atoms with Crippen LogP contribution < -0.4 is 4.74 Å². The highest BCUT2D eigenvalue weighted by Crippen LogP contribution is 2.48. The molecule has 2 fully saturated rings. The maximum atomic E-state index is 14.3. The predicted molar refractivity (Wildman–Crippen MR) is 102 cm³/mol. The summed E-state index contributed by atoms with van der Waals surface area (Å²) in [7, 11) is 0. The smallest absolute Gasteiger partial charge is 0.191 e. The molecule has 0 aromatic heterocycles. The van der Waals surface area contributed by atoms with Gasteiger partial charge in [0.25, 0.3) is 0 Å². The molecule has 0 N–H and O–H groups in total. The second kappa shape index (κ2) is 8.83. The first kappa shape index (κ1) is 19.1. The summed E-state index contributed by atoms with van der Waals surface area (Å²) in [5.41, 5.74) is 0.789. The van der Waals surface area contributed by atoms with E-state index in [0.717, 1.165) is 36.7 Å². The van der Waals surface area contributed by atoms with Crippen molar-refractivity contribution in [2.75, 3.05) is 6.61 Å². The first-order valence-electron chi connectivity index (χ1n) is 10.0. The van der Waals surface area contributed by atoms with Crippen molar-refractivity contribution >= 4 is 0 Å². The number of allylic oxidation sites excluding steroid dienone is 2. The van der Waals surface area contributed by atoms with Gasteiger partial charge in [0, 0.05) is 0 Å². The van der Waals surface area contributed by atoms with Crippen LogP contribution in [0.2, 0.25) is 0 Å². The molecule has 2 saturated carbocycles. The topological polar surface area (TPSA) is 9.23 Å². The third-order valence-corrected chi connectivity index (χ3v) is 6.14. The van der Waals surface area contributed by atoms with E-state index in [-0.39, 0.29) is 18.3 Å². The molecule has 0 aliphatic heterocycles. The summed E-state index contributed by atoms with van der Waals surface area (Å²) in [5.74, 6) is 0.972. The monoisotopic (exact) mass is 360 g/mol. The molecule has 4 unspecified atom stereocenters. The van der Waals surface area contributed by atoms with Gasteiger partial charge in [-0.3, -0.25) is 0 Å². The van der Waals surface area contributed by atoms with E-state index < -0.39 is 11.6 Å². The minimum absolute atomic E-state index is 0.105. The molecule has 2 aliphatic rings. The number of ether oxygens (including phenoxy) is 1. The molecule has 0 amide bonds. The molecule has 0 saturated heterocycles. The van der Waals surface area contributed by atoms with Crippen LogP contribution in [-0.4, -0.2) is 6.61 Å². The molecule has 142 valence electrons. The van der Waals surface area contributed by atoms with Gasteiger partial charge in [0.1, 0.15) is 6.61 Å². The largest absolute Gasteiger partial charge is 0.483 e. The molecule has 4 atom stereocenters. The predicted octanol–water partition coefficient (Wildman–Crippen LogP) is 6.80. The average molecular weight is 360 g/mol. The molecule has 1 aromatic rings. The third kappa shape index (κ3) is 4.36. The minimum atomic E-state index is -0.600. The second-order valence-corrected chi connectivity index (χ2v) is 7.85. The molecule has 1 nitrogen and oxygen atoms in total. The van der Waals surface area contributed by atoms with Crippen LogP contribution in [0.5, 0.6) is 5.75 Å². The maximum absolute atomic E-state index is 14.3. The van der Waals surface area contributed by atoms with Gasteiger partial charge in [-0.25, -0.2) is 8.78 Å². The lowest BCUT2D eigenvalue weighted by atomic mass is 9.64. The summed E-state index contributed by atoms with van der Waals surface area (Å²) < 4.78 is 33.7. The summed E-state index contributed by atoms with van der Waals surface area (Å²) >= 11 is 0. The average Bonchev–Trinajstić information content (AvgIpc) is 2.65. The van der Waals surface area contributed by atoms with E-state index in [1.807, 2.05) is 0 Å². The van der Waals surface area contributed by atoms with E-state index in [1.54, 1.807) is 0 Å². The lowest BCUT2D eigenvalue weighted by Crippen LogP contribution is -2.30. The molecule has 2 aliphatic carbocycles. The summed E-state index contributed by atoms with van der Waals surface area (Å²) in [4.78, 5) is 0. The molecule has 1 aromatic carbocycles. The van der Waals surface area contributed by atoms with Crippen LogP contribution in [0.1, 0.15) is 63.4 Å². The highest BCUT2D eigenvalue weighted by Gasteiger charge is 2.35. The number of hydrogen-bond acceptors (Lipinski definition) is 1. The Kier molecular flexibility index (Phi) is 6.50. The molecule has 0 bridgehead atoms. The van der Waals surface area contributed by atoms with E-state index in [2.05, 4.69) is 25.7 Å². The first-order valence-corrected chi connectivity index (χ1v) is 10.0. The Hall–Kier alpha value is -1.64. The van der Waals surface area contributed by atoms with Crippen molar-refractivity contribution in [3.05, 3.63) is 54.1 Å². The van der Waals surface area contributed by atoms with Crippen LogP contribution in [0, 0.1) is 29.4 Å². The molecule has 0 spiro atoms. The molecule has 0 radical (unpaired) electrons. The SMILES string of the molecule is C=CCOc1c(F)cc(C2CCC3CC(C=CCC)CCC3C2)cc1F. The fourth-order valence-corrected chi connectivity index (χ4v) is 4.83. The summed E-state index contributed by atoms with van der Waals surface area (Å²) in [6, 6.07) is 2.95. The maximum Gasteiger partial charge on any atom is 0.191 e. The van der Waals surface area contributed by atoms with Gasteiger partial charge in [0.15, 0.2) is 17.4 Å². The normalized spacial score (nSPS) is 28.7. The van der Waals surface area contributed by atoms with Gasteiger partial charge in [-0.05, 0) is 86.3 Å². The Bertz CT molecular complexity index is 629. The molecule has 3 heteroatoms. The molecular formula is C23H30F2O.